The van der Waals surface area contributed by atoms with Crippen LogP contribution in [0.15, 0.2) is 0 Å². The first-order valence-corrected chi connectivity index (χ1v) is 2.00. The van der Waals surface area contributed by atoms with Crippen molar-refractivity contribution in [3.63, 3.8) is 0 Å². The van der Waals surface area contributed by atoms with E-state index < -0.39 is 10.4 Å². The van der Waals surface area contributed by atoms with E-state index >= 15 is 0 Å². The zero-order valence-corrected chi connectivity index (χ0v) is 9.95. The molecule has 7 heavy (non-hydrogen) atoms. The van der Waals surface area contributed by atoms with E-state index in [1.165, 1.54) is 0 Å². The van der Waals surface area contributed by atoms with Crippen molar-refractivity contribution >= 4 is 10.4 Å². The summed E-state index contributed by atoms with van der Waals surface area (Å²) in [5.41, 5.74) is 0. The maximum absolute atomic E-state index is 8.52. The number of rotatable bonds is 0. The van der Waals surface area contributed by atoms with Crippen LogP contribution in [0.3, 0.4) is 0 Å². The number of hydrogen-bond acceptors (Lipinski definition) is 4. The van der Waals surface area contributed by atoms with Gasteiger partial charge in [0, 0.05) is 10.4 Å². The Bertz CT molecular complexity index is 94.9. The van der Waals surface area contributed by atoms with E-state index in [9.17, 15) is 0 Å². The van der Waals surface area contributed by atoms with Gasteiger partial charge in [-0.2, -0.15) is 0 Å². The second kappa shape index (κ2) is 5.73. The van der Waals surface area contributed by atoms with Gasteiger partial charge in [-0.25, -0.2) is 0 Å². The Labute approximate surface area is 79.3 Å². The fourth-order valence-corrected chi connectivity index (χ4v) is 0. The minimum absolute atomic E-state index is 0. The molecule has 0 radical (unpaired) electrons. The Morgan fingerprint density at radius 3 is 1.14 bits per heavy atom. The molecule has 0 unspecified atom stereocenters. The Hall–Kier alpha value is 1.60. The summed E-state index contributed by atoms with van der Waals surface area (Å²) in [6.07, 6.45) is 0. The average molecular weight is 250 g/mol. The van der Waals surface area contributed by atoms with Gasteiger partial charge < -0.3 is 9.11 Å². The Kier molecular flexibility index (Phi) is 13.0. The summed E-state index contributed by atoms with van der Waals surface area (Å²) in [5.74, 6) is 0. The van der Waals surface area contributed by atoms with E-state index in [-0.39, 0.29) is 52.2 Å². The second-order valence-electron chi connectivity index (χ2n) is 0.408. The van der Waals surface area contributed by atoms with Crippen molar-refractivity contribution in [1.29, 1.82) is 0 Å². The van der Waals surface area contributed by atoms with Gasteiger partial charge in [-0.1, -0.05) is 0 Å². The van der Waals surface area contributed by atoms with E-state index in [1.54, 1.807) is 0 Å². The first-order chi connectivity index (χ1) is 2.00. The molecule has 0 fully saturated rings. The molecule has 0 N–H and O–H groups in total. The Morgan fingerprint density at radius 1 is 1.14 bits per heavy atom. The van der Waals surface area contributed by atoms with E-state index in [4.69, 9.17) is 17.5 Å². The summed E-state index contributed by atoms with van der Waals surface area (Å²) in [5, 5.41) is 0. The molecule has 0 atom stereocenters. The van der Waals surface area contributed by atoms with Crippen molar-refractivity contribution in [1.82, 2.24) is 0 Å². The van der Waals surface area contributed by atoms with E-state index in [2.05, 4.69) is 0 Å². The third-order valence-electron chi connectivity index (χ3n) is 0. The molecule has 0 aliphatic rings. The van der Waals surface area contributed by atoms with E-state index in [1.807, 2.05) is 0 Å². The van der Waals surface area contributed by atoms with Gasteiger partial charge in [0.2, 0.25) is 0 Å². The van der Waals surface area contributed by atoms with Gasteiger partial charge in [-0.3, -0.25) is 8.42 Å². The quantitative estimate of drug-likeness (QED) is 0.303. The third kappa shape index (κ3) is 93.3. The first kappa shape index (κ1) is 15.8. The van der Waals surface area contributed by atoms with Crippen LogP contribution in [0.4, 0.5) is 0 Å². The molecular formula is O4SYZn+3. The molecule has 0 amide bonds. The minimum atomic E-state index is -5.17. The van der Waals surface area contributed by atoms with Crippen LogP contribution in [0.25, 0.3) is 0 Å². The summed E-state index contributed by atoms with van der Waals surface area (Å²) in [4.78, 5) is 0. The van der Waals surface area contributed by atoms with Crippen LogP contribution in [0.2, 0.25) is 0 Å². The molecule has 0 aliphatic carbocycles. The van der Waals surface area contributed by atoms with Crippen LogP contribution in [0.5, 0.6) is 0 Å². The SMILES string of the molecule is O=S(=O)([O-])[O-].[Y+3].[Zn+2]. The molecular weight excluding hydrogens is 250 g/mol. The zero-order valence-electron chi connectivity index (χ0n) is 3.33. The molecule has 4 nitrogen and oxygen atoms in total. The minimum Gasteiger partial charge on any atom is -0.759 e. The van der Waals surface area contributed by atoms with Crippen molar-refractivity contribution in [3.8, 4) is 0 Å². The maximum Gasteiger partial charge on any atom is 3.00 e. The Balaban J connectivity index is -0.0000000800. The topological polar surface area (TPSA) is 80.3 Å². The Morgan fingerprint density at radius 2 is 1.14 bits per heavy atom. The van der Waals surface area contributed by atoms with Gasteiger partial charge in [0.05, 0.1) is 0 Å². The summed E-state index contributed by atoms with van der Waals surface area (Å²) in [7, 11) is -5.17. The van der Waals surface area contributed by atoms with E-state index in [0.29, 0.717) is 0 Å². The first-order valence-electron chi connectivity index (χ1n) is 0.667. The largest absolute Gasteiger partial charge is 3.00 e. The molecule has 0 aromatic heterocycles. The van der Waals surface area contributed by atoms with Crippen LogP contribution in [-0.4, -0.2) is 17.5 Å². The zero-order chi connectivity index (χ0) is 4.50. The molecule has 0 spiro atoms. The summed E-state index contributed by atoms with van der Waals surface area (Å²) >= 11 is 0. The standard InChI is InChI=1S/H2O4S.Y.Zn/c1-5(2,3)4;;/h(H2,1,2,3,4);;/q;+3;+2/p-2. The van der Waals surface area contributed by atoms with Crippen molar-refractivity contribution in [2.75, 3.05) is 0 Å². The molecule has 0 bridgehead atoms. The third-order valence-corrected chi connectivity index (χ3v) is 0. The maximum atomic E-state index is 8.52. The summed E-state index contributed by atoms with van der Waals surface area (Å²) in [6.45, 7) is 0. The van der Waals surface area contributed by atoms with Gasteiger partial charge in [-0.15, -0.1) is 0 Å². The smallest absolute Gasteiger partial charge is 0.759 e. The van der Waals surface area contributed by atoms with Gasteiger partial charge in [0.15, 0.2) is 0 Å². The summed E-state index contributed by atoms with van der Waals surface area (Å²) in [6, 6.07) is 0. The van der Waals surface area contributed by atoms with Crippen molar-refractivity contribution < 1.29 is 69.7 Å². The van der Waals surface area contributed by atoms with Gasteiger partial charge in [0.25, 0.3) is 0 Å². The molecule has 0 rings (SSSR count). The normalized spacial score (nSPS) is 8.29. The second-order valence-corrected chi connectivity index (χ2v) is 1.22. The molecule has 0 aromatic rings. The predicted molar refractivity (Wildman–Crippen MR) is 10.5 cm³/mol. The summed E-state index contributed by atoms with van der Waals surface area (Å²) < 4.78 is 34.1. The molecule has 0 aromatic carbocycles. The molecule has 0 aliphatic heterocycles. The van der Waals surface area contributed by atoms with Gasteiger partial charge in [0.1, 0.15) is 0 Å². The molecule has 7 heteroatoms. The van der Waals surface area contributed by atoms with Crippen LogP contribution >= 0.6 is 0 Å². The van der Waals surface area contributed by atoms with Crippen molar-refractivity contribution in [3.05, 3.63) is 0 Å². The molecule has 0 saturated carbocycles. The average Bonchev–Trinajstić information content (AvgIpc) is 0.722. The van der Waals surface area contributed by atoms with Crippen LogP contribution in [0, 0.1) is 0 Å². The predicted octanol–water partition coefficient (Wildman–Crippen LogP) is -1.34. The molecule has 0 saturated heterocycles. The van der Waals surface area contributed by atoms with Crippen molar-refractivity contribution in [2.45, 2.75) is 0 Å². The van der Waals surface area contributed by atoms with Crippen LogP contribution in [0.1, 0.15) is 0 Å². The number of hydrogen-bond donors (Lipinski definition) is 0. The molecule has 0 heterocycles. The van der Waals surface area contributed by atoms with Crippen molar-refractivity contribution in [2.24, 2.45) is 0 Å². The fourth-order valence-electron chi connectivity index (χ4n) is 0. The van der Waals surface area contributed by atoms with Gasteiger partial charge in [-0.05, 0) is 0 Å². The molecule has 32 valence electrons. The fraction of sp³-hybridized carbons (Fsp3) is 0. The van der Waals surface area contributed by atoms with Gasteiger partial charge >= 0.3 is 52.2 Å². The van der Waals surface area contributed by atoms with E-state index in [0.717, 1.165) is 0 Å². The monoisotopic (exact) mass is 249 g/mol. The van der Waals surface area contributed by atoms with Crippen LogP contribution in [-0.2, 0) is 62.6 Å². The van der Waals surface area contributed by atoms with Crippen LogP contribution < -0.4 is 0 Å².